The third kappa shape index (κ3) is 4.23. The van der Waals surface area contributed by atoms with Crippen molar-refractivity contribution < 1.29 is 4.79 Å². The lowest BCUT2D eigenvalue weighted by atomic mass is 9.92. The van der Waals surface area contributed by atoms with Crippen molar-refractivity contribution in [3.63, 3.8) is 0 Å². The maximum Gasteiger partial charge on any atom is 0.220 e. The standard InChI is InChI=1S/C15H23N3O/c1-15(2,3)10-14(19)17-12-7-9-18(11-12)13-6-4-5-8-16-13/h4-6,8,12H,7,9-11H2,1-3H3,(H,17,19)/t12-/m1/s1. The maximum absolute atomic E-state index is 11.9. The van der Waals surface area contributed by atoms with E-state index in [0.29, 0.717) is 6.42 Å². The monoisotopic (exact) mass is 261 g/mol. The molecule has 0 aromatic carbocycles. The first kappa shape index (κ1) is 13.8. The topological polar surface area (TPSA) is 45.2 Å². The van der Waals surface area contributed by atoms with Gasteiger partial charge in [-0.05, 0) is 24.0 Å². The fourth-order valence-electron chi connectivity index (χ4n) is 2.39. The molecule has 1 fully saturated rings. The van der Waals surface area contributed by atoms with Crippen molar-refractivity contribution in [2.24, 2.45) is 5.41 Å². The molecule has 2 heterocycles. The van der Waals surface area contributed by atoms with Gasteiger partial charge in [-0.1, -0.05) is 26.8 Å². The SMILES string of the molecule is CC(C)(C)CC(=O)N[C@@H]1CCN(c2ccccn2)C1. The summed E-state index contributed by atoms with van der Waals surface area (Å²) in [5, 5.41) is 3.13. The van der Waals surface area contributed by atoms with Crippen molar-refractivity contribution in [2.45, 2.75) is 39.7 Å². The van der Waals surface area contributed by atoms with Gasteiger partial charge in [0, 0.05) is 31.7 Å². The van der Waals surface area contributed by atoms with Crippen LogP contribution in [0, 0.1) is 5.41 Å². The predicted octanol–water partition coefficient (Wildman–Crippen LogP) is 2.21. The number of nitrogens with one attached hydrogen (secondary N) is 1. The minimum absolute atomic E-state index is 0.0450. The lowest BCUT2D eigenvalue weighted by molar-refractivity contribution is -0.123. The second kappa shape index (κ2) is 5.59. The van der Waals surface area contributed by atoms with E-state index in [1.54, 1.807) is 6.20 Å². The van der Waals surface area contributed by atoms with Crippen LogP contribution in [0.15, 0.2) is 24.4 Å². The number of rotatable bonds is 3. The Bertz CT molecular complexity index is 425. The molecule has 104 valence electrons. The highest BCUT2D eigenvalue weighted by Crippen LogP contribution is 2.20. The molecule has 1 aliphatic rings. The zero-order chi connectivity index (χ0) is 13.9. The summed E-state index contributed by atoms with van der Waals surface area (Å²) in [5.74, 6) is 1.15. The van der Waals surface area contributed by atoms with Crippen LogP contribution in [0.2, 0.25) is 0 Å². The first-order valence-corrected chi connectivity index (χ1v) is 6.89. The molecule has 0 aliphatic carbocycles. The van der Waals surface area contributed by atoms with Crippen LogP contribution in [-0.2, 0) is 4.79 Å². The highest BCUT2D eigenvalue weighted by Gasteiger charge is 2.25. The van der Waals surface area contributed by atoms with E-state index in [9.17, 15) is 4.79 Å². The highest BCUT2D eigenvalue weighted by atomic mass is 16.1. The number of carbonyl (C=O) groups is 1. The van der Waals surface area contributed by atoms with Gasteiger partial charge in [0.25, 0.3) is 0 Å². The molecule has 0 radical (unpaired) electrons. The summed E-state index contributed by atoms with van der Waals surface area (Å²) in [6.45, 7) is 8.06. The van der Waals surface area contributed by atoms with E-state index in [-0.39, 0.29) is 17.4 Å². The van der Waals surface area contributed by atoms with Crippen molar-refractivity contribution in [1.82, 2.24) is 10.3 Å². The van der Waals surface area contributed by atoms with Gasteiger partial charge < -0.3 is 10.2 Å². The van der Waals surface area contributed by atoms with E-state index in [0.717, 1.165) is 25.3 Å². The molecule has 1 atom stereocenters. The first-order chi connectivity index (χ1) is 8.94. The second-order valence-electron chi connectivity index (χ2n) is 6.42. The van der Waals surface area contributed by atoms with E-state index in [1.807, 2.05) is 18.2 Å². The van der Waals surface area contributed by atoms with E-state index in [1.165, 1.54) is 0 Å². The van der Waals surface area contributed by atoms with Gasteiger partial charge in [0.2, 0.25) is 5.91 Å². The number of carbonyl (C=O) groups excluding carboxylic acids is 1. The average molecular weight is 261 g/mol. The number of pyridine rings is 1. The molecule has 1 N–H and O–H groups in total. The third-order valence-corrected chi connectivity index (χ3v) is 3.22. The maximum atomic E-state index is 11.9. The Balaban J connectivity index is 1.84. The van der Waals surface area contributed by atoms with Gasteiger partial charge in [-0.2, -0.15) is 0 Å². The molecule has 1 amide bonds. The third-order valence-electron chi connectivity index (χ3n) is 3.22. The van der Waals surface area contributed by atoms with Crippen molar-refractivity contribution in [3.8, 4) is 0 Å². The molecular formula is C15H23N3O. The molecule has 0 saturated carbocycles. The smallest absolute Gasteiger partial charge is 0.220 e. The molecule has 1 aromatic heterocycles. The lowest BCUT2D eigenvalue weighted by Crippen LogP contribution is -2.38. The number of nitrogens with zero attached hydrogens (tertiary/aromatic N) is 2. The zero-order valence-corrected chi connectivity index (χ0v) is 12.0. The summed E-state index contributed by atoms with van der Waals surface area (Å²) in [6.07, 6.45) is 3.38. The molecule has 2 rings (SSSR count). The highest BCUT2D eigenvalue weighted by molar-refractivity contribution is 5.77. The normalized spacial score (nSPS) is 19.5. The molecule has 0 unspecified atom stereocenters. The van der Waals surface area contributed by atoms with E-state index < -0.39 is 0 Å². The second-order valence-corrected chi connectivity index (χ2v) is 6.42. The number of aromatic nitrogens is 1. The Labute approximate surface area is 115 Å². The first-order valence-electron chi connectivity index (χ1n) is 6.89. The number of hydrogen-bond donors (Lipinski definition) is 1. The number of amides is 1. The molecule has 1 saturated heterocycles. The largest absolute Gasteiger partial charge is 0.354 e. The van der Waals surface area contributed by atoms with Crippen LogP contribution in [0.3, 0.4) is 0 Å². The molecule has 1 aromatic rings. The Morgan fingerprint density at radius 2 is 2.26 bits per heavy atom. The summed E-state index contributed by atoms with van der Waals surface area (Å²) >= 11 is 0. The van der Waals surface area contributed by atoms with Crippen molar-refractivity contribution in [3.05, 3.63) is 24.4 Å². The van der Waals surface area contributed by atoms with Crippen molar-refractivity contribution >= 4 is 11.7 Å². The molecule has 4 heteroatoms. The Morgan fingerprint density at radius 1 is 1.47 bits per heavy atom. The van der Waals surface area contributed by atoms with Crippen LogP contribution in [0.25, 0.3) is 0 Å². The van der Waals surface area contributed by atoms with E-state index in [4.69, 9.17) is 0 Å². The minimum atomic E-state index is 0.0450. The predicted molar refractivity (Wildman–Crippen MR) is 77.1 cm³/mol. The van der Waals surface area contributed by atoms with Gasteiger partial charge in [0.05, 0.1) is 0 Å². The van der Waals surface area contributed by atoms with Gasteiger partial charge in [0.1, 0.15) is 5.82 Å². The Hall–Kier alpha value is -1.58. The van der Waals surface area contributed by atoms with Crippen LogP contribution in [-0.4, -0.2) is 30.0 Å². The summed E-state index contributed by atoms with van der Waals surface area (Å²) in [7, 11) is 0. The summed E-state index contributed by atoms with van der Waals surface area (Å²) in [4.78, 5) is 18.5. The summed E-state index contributed by atoms with van der Waals surface area (Å²) < 4.78 is 0. The van der Waals surface area contributed by atoms with Crippen molar-refractivity contribution in [1.29, 1.82) is 0 Å². The molecule has 0 bridgehead atoms. The molecule has 0 spiro atoms. The Kier molecular flexibility index (Phi) is 4.08. The van der Waals surface area contributed by atoms with Gasteiger partial charge >= 0.3 is 0 Å². The molecule has 1 aliphatic heterocycles. The van der Waals surface area contributed by atoms with Gasteiger partial charge in [-0.25, -0.2) is 4.98 Å². The quantitative estimate of drug-likeness (QED) is 0.907. The van der Waals surface area contributed by atoms with Crippen LogP contribution in [0.4, 0.5) is 5.82 Å². The van der Waals surface area contributed by atoms with Gasteiger partial charge in [-0.3, -0.25) is 4.79 Å². The van der Waals surface area contributed by atoms with Crippen LogP contribution in [0.5, 0.6) is 0 Å². The molecule has 19 heavy (non-hydrogen) atoms. The van der Waals surface area contributed by atoms with Crippen LogP contribution in [0.1, 0.15) is 33.6 Å². The van der Waals surface area contributed by atoms with Crippen LogP contribution < -0.4 is 10.2 Å². The van der Waals surface area contributed by atoms with Gasteiger partial charge in [-0.15, -0.1) is 0 Å². The van der Waals surface area contributed by atoms with Crippen LogP contribution >= 0.6 is 0 Å². The van der Waals surface area contributed by atoms with E-state index >= 15 is 0 Å². The van der Waals surface area contributed by atoms with Crippen molar-refractivity contribution in [2.75, 3.05) is 18.0 Å². The van der Waals surface area contributed by atoms with E-state index in [2.05, 4.69) is 36.0 Å². The van der Waals surface area contributed by atoms with Gasteiger partial charge in [0.15, 0.2) is 0 Å². The molecular weight excluding hydrogens is 238 g/mol. The zero-order valence-electron chi connectivity index (χ0n) is 12.0. The fraction of sp³-hybridized carbons (Fsp3) is 0.600. The average Bonchev–Trinajstić information content (AvgIpc) is 2.76. The Morgan fingerprint density at radius 3 is 2.89 bits per heavy atom. The fourth-order valence-corrected chi connectivity index (χ4v) is 2.39. The summed E-state index contributed by atoms with van der Waals surface area (Å²) in [6, 6.07) is 6.17. The minimum Gasteiger partial charge on any atom is -0.354 e. The number of hydrogen-bond acceptors (Lipinski definition) is 3. The summed E-state index contributed by atoms with van der Waals surface area (Å²) in [5.41, 5.74) is 0.0450. The number of anilines is 1. The molecule has 4 nitrogen and oxygen atoms in total. The lowest BCUT2D eigenvalue weighted by Gasteiger charge is -2.20.